The standard InChI is InChI=1S/C20H28N2O3/c1-3-4-5-9-12-16-17(20(24)25-2)13-14-18(16)21-22-19(23)15-10-7-6-8-11-15/h6-8,10-11,17,21H,3-5,9,12-14H2,1-2H3,(H,22,23). The van der Waals surface area contributed by atoms with Crippen LogP contribution in [0.4, 0.5) is 0 Å². The molecule has 0 saturated carbocycles. The van der Waals surface area contributed by atoms with Crippen molar-refractivity contribution in [2.45, 2.75) is 51.9 Å². The highest BCUT2D eigenvalue weighted by atomic mass is 16.5. The lowest BCUT2D eigenvalue weighted by Crippen LogP contribution is -2.36. The van der Waals surface area contributed by atoms with Crippen LogP contribution in [0.15, 0.2) is 41.6 Å². The van der Waals surface area contributed by atoms with Crippen LogP contribution < -0.4 is 10.9 Å². The largest absolute Gasteiger partial charge is 0.469 e. The number of allylic oxidation sites excluding steroid dienone is 1. The Morgan fingerprint density at radius 1 is 1.16 bits per heavy atom. The zero-order valence-corrected chi connectivity index (χ0v) is 15.1. The molecule has 5 heteroatoms. The fraction of sp³-hybridized carbons (Fsp3) is 0.500. The molecule has 0 heterocycles. The first kappa shape index (κ1) is 19.0. The lowest BCUT2D eigenvalue weighted by Gasteiger charge is -2.15. The van der Waals surface area contributed by atoms with Gasteiger partial charge in [-0.3, -0.25) is 15.0 Å². The van der Waals surface area contributed by atoms with Crippen molar-refractivity contribution in [1.82, 2.24) is 10.9 Å². The maximum atomic E-state index is 12.2. The number of esters is 1. The van der Waals surface area contributed by atoms with Gasteiger partial charge < -0.3 is 10.2 Å². The summed E-state index contributed by atoms with van der Waals surface area (Å²) in [6.45, 7) is 2.18. The van der Waals surface area contributed by atoms with Crippen LogP contribution in [0.2, 0.25) is 0 Å². The molecule has 1 aliphatic rings. The molecule has 1 aromatic carbocycles. The minimum atomic E-state index is -0.192. The Morgan fingerprint density at radius 2 is 1.92 bits per heavy atom. The number of carbonyl (C=O) groups is 2. The highest BCUT2D eigenvalue weighted by Gasteiger charge is 2.31. The van der Waals surface area contributed by atoms with Crippen LogP contribution in [-0.2, 0) is 9.53 Å². The fourth-order valence-electron chi connectivity index (χ4n) is 3.24. The number of amides is 1. The molecule has 1 atom stereocenters. The van der Waals surface area contributed by atoms with Gasteiger partial charge in [0.25, 0.3) is 5.91 Å². The van der Waals surface area contributed by atoms with E-state index in [4.69, 9.17) is 4.74 Å². The first-order chi connectivity index (χ1) is 12.2. The molecule has 1 unspecified atom stereocenters. The van der Waals surface area contributed by atoms with Gasteiger partial charge in [-0.1, -0.05) is 44.4 Å². The Morgan fingerprint density at radius 3 is 2.60 bits per heavy atom. The number of rotatable bonds is 9. The van der Waals surface area contributed by atoms with E-state index in [0.717, 1.165) is 43.4 Å². The molecule has 0 fully saturated rings. The Hall–Kier alpha value is -2.30. The van der Waals surface area contributed by atoms with Crippen molar-refractivity contribution in [3.8, 4) is 0 Å². The number of methoxy groups -OCH3 is 1. The van der Waals surface area contributed by atoms with Crippen molar-refractivity contribution >= 4 is 11.9 Å². The summed E-state index contributed by atoms with van der Waals surface area (Å²) in [4.78, 5) is 24.2. The average Bonchev–Trinajstić information content (AvgIpc) is 3.06. The average molecular weight is 344 g/mol. The van der Waals surface area contributed by atoms with Crippen molar-refractivity contribution in [2.75, 3.05) is 7.11 Å². The van der Waals surface area contributed by atoms with Crippen molar-refractivity contribution in [1.29, 1.82) is 0 Å². The van der Waals surface area contributed by atoms with Crippen molar-refractivity contribution in [3.63, 3.8) is 0 Å². The molecule has 1 aromatic rings. The van der Waals surface area contributed by atoms with Gasteiger partial charge in [0, 0.05) is 11.3 Å². The van der Waals surface area contributed by atoms with E-state index in [-0.39, 0.29) is 17.8 Å². The summed E-state index contributed by atoms with van der Waals surface area (Å²) < 4.78 is 4.95. The third kappa shape index (κ3) is 5.34. The molecule has 0 bridgehead atoms. The van der Waals surface area contributed by atoms with Gasteiger partial charge in [0.15, 0.2) is 0 Å². The molecule has 136 valence electrons. The minimum Gasteiger partial charge on any atom is -0.469 e. The number of hydrogen-bond acceptors (Lipinski definition) is 4. The second kappa shape index (κ2) is 9.87. The molecular weight excluding hydrogens is 316 g/mol. The van der Waals surface area contributed by atoms with Gasteiger partial charge in [-0.05, 0) is 43.4 Å². The van der Waals surface area contributed by atoms with Gasteiger partial charge in [-0.25, -0.2) is 0 Å². The number of nitrogens with one attached hydrogen (secondary N) is 2. The van der Waals surface area contributed by atoms with Crippen LogP contribution in [0, 0.1) is 5.92 Å². The minimum absolute atomic E-state index is 0.181. The molecule has 2 rings (SSSR count). The number of hydrogen-bond donors (Lipinski definition) is 2. The van der Waals surface area contributed by atoms with E-state index in [2.05, 4.69) is 17.8 Å². The van der Waals surface area contributed by atoms with E-state index in [1.807, 2.05) is 18.2 Å². The summed E-state index contributed by atoms with van der Waals surface area (Å²) in [7, 11) is 1.43. The number of benzene rings is 1. The highest BCUT2D eigenvalue weighted by Crippen LogP contribution is 2.34. The zero-order valence-electron chi connectivity index (χ0n) is 15.1. The SMILES string of the molecule is CCCCCCC1=C(NNC(=O)c2ccccc2)CCC1C(=O)OC. The number of hydrazine groups is 1. The summed E-state index contributed by atoms with van der Waals surface area (Å²) in [5.74, 6) is -0.556. The molecule has 25 heavy (non-hydrogen) atoms. The Balaban J connectivity index is 2.01. The van der Waals surface area contributed by atoms with E-state index in [9.17, 15) is 9.59 Å². The predicted molar refractivity (Wildman–Crippen MR) is 97.6 cm³/mol. The fourth-order valence-corrected chi connectivity index (χ4v) is 3.24. The molecule has 0 aliphatic heterocycles. The van der Waals surface area contributed by atoms with Gasteiger partial charge >= 0.3 is 5.97 Å². The topological polar surface area (TPSA) is 67.4 Å². The Labute approximate surface area is 149 Å². The Kier molecular flexibility index (Phi) is 7.51. The van der Waals surface area contributed by atoms with Crippen LogP contribution in [-0.4, -0.2) is 19.0 Å². The van der Waals surface area contributed by atoms with Crippen LogP contribution in [0.3, 0.4) is 0 Å². The van der Waals surface area contributed by atoms with E-state index < -0.39 is 0 Å². The molecule has 2 N–H and O–H groups in total. The molecule has 0 aromatic heterocycles. The highest BCUT2D eigenvalue weighted by molar-refractivity contribution is 5.93. The summed E-state index contributed by atoms with van der Waals surface area (Å²) in [5, 5.41) is 0. The number of ether oxygens (including phenoxy) is 1. The maximum Gasteiger partial charge on any atom is 0.312 e. The summed E-state index contributed by atoms with van der Waals surface area (Å²) in [5.41, 5.74) is 8.44. The first-order valence-electron chi connectivity index (χ1n) is 9.08. The number of carbonyl (C=O) groups excluding carboxylic acids is 2. The van der Waals surface area contributed by atoms with E-state index >= 15 is 0 Å². The maximum absolute atomic E-state index is 12.2. The smallest absolute Gasteiger partial charge is 0.312 e. The zero-order chi connectivity index (χ0) is 18.1. The van der Waals surface area contributed by atoms with Crippen LogP contribution >= 0.6 is 0 Å². The molecule has 0 spiro atoms. The van der Waals surface area contributed by atoms with Gasteiger partial charge in [0.2, 0.25) is 0 Å². The monoisotopic (exact) mass is 344 g/mol. The second-order valence-electron chi connectivity index (χ2n) is 6.37. The molecule has 0 saturated heterocycles. The van der Waals surface area contributed by atoms with Gasteiger partial charge in [-0.2, -0.15) is 0 Å². The van der Waals surface area contributed by atoms with Crippen LogP contribution in [0.1, 0.15) is 62.2 Å². The van der Waals surface area contributed by atoms with E-state index in [1.165, 1.54) is 20.0 Å². The predicted octanol–water partition coefficient (Wildman–Crippen LogP) is 3.73. The second-order valence-corrected chi connectivity index (χ2v) is 6.37. The van der Waals surface area contributed by atoms with Crippen molar-refractivity contribution in [2.24, 2.45) is 5.92 Å². The summed E-state index contributed by atoms with van der Waals surface area (Å²) in [6.07, 6.45) is 6.92. The lowest BCUT2D eigenvalue weighted by atomic mass is 9.96. The van der Waals surface area contributed by atoms with E-state index in [1.54, 1.807) is 12.1 Å². The third-order valence-electron chi connectivity index (χ3n) is 4.64. The molecular formula is C20H28N2O3. The third-order valence-corrected chi connectivity index (χ3v) is 4.64. The van der Waals surface area contributed by atoms with Crippen molar-refractivity contribution in [3.05, 3.63) is 47.2 Å². The molecule has 1 aliphatic carbocycles. The molecule has 1 amide bonds. The number of unbranched alkanes of at least 4 members (excludes halogenated alkanes) is 3. The molecule has 5 nitrogen and oxygen atoms in total. The van der Waals surface area contributed by atoms with Crippen molar-refractivity contribution < 1.29 is 14.3 Å². The summed E-state index contributed by atoms with van der Waals surface area (Å²) in [6, 6.07) is 9.07. The molecule has 0 radical (unpaired) electrons. The van der Waals surface area contributed by atoms with Gasteiger partial charge in [-0.15, -0.1) is 0 Å². The Bertz CT molecular complexity index is 611. The normalized spacial score (nSPS) is 16.6. The van der Waals surface area contributed by atoms with Gasteiger partial charge in [0.1, 0.15) is 0 Å². The van der Waals surface area contributed by atoms with Crippen LogP contribution in [0.5, 0.6) is 0 Å². The van der Waals surface area contributed by atoms with Crippen LogP contribution in [0.25, 0.3) is 0 Å². The van der Waals surface area contributed by atoms with E-state index in [0.29, 0.717) is 5.56 Å². The van der Waals surface area contributed by atoms with Gasteiger partial charge in [0.05, 0.1) is 13.0 Å². The quantitative estimate of drug-likeness (QED) is 0.407. The first-order valence-corrected chi connectivity index (χ1v) is 9.08. The lowest BCUT2D eigenvalue weighted by molar-refractivity contribution is -0.144. The summed E-state index contributed by atoms with van der Waals surface area (Å²) >= 11 is 0.